The van der Waals surface area contributed by atoms with Gasteiger partial charge in [-0.3, -0.25) is 9.59 Å². The largest absolute Gasteiger partial charge is 0.379 e. The highest BCUT2D eigenvalue weighted by molar-refractivity contribution is 7.12. The lowest BCUT2D eigenvalue weighted by Gasteiger charge is -2.20. The number of rotatable bonds is 6. The minimum Gasteiger partial charge on any atom is -0.379 e. The number of nitrogens with one attached hydrogen (secondary N) is 2. The van der Waals surface area contributed by atoms with E-state index >= 15 is 0 Å². The Morgan fingerprint density at radius 1 is 1.50 bits per heavy atom. The van der Waals surface area contributed by atoms with Crippen LogP contribution >= 0.6 is 11.3 Å². The fraction of sp³-hybridized carbons (Fsp3) is 0.533. The predicted molar refractivity (Wildman–Crippen MR) is 85.9 cm³/mol. The van der Waals surface area contributed by atoms with Crippen LogP contribution in [0.2, 0.25) is 0 Å². The van der Waals surface area contributed by atoms with Crippen LogP contribution in [0.25, 0.3) is 0 Å². The summed E-state index contributed by atoms with van der Waals surface area (Å²) in [5, 5.41) is 11.5. The number of nitrogens with zero attached hydrogens (tertiary/aromatic N) is 1. The first-order valence-electron chi connectivity index (χ1n) is 7.27. The SMILES string of the molecule is CC(C)NC(=O)CCNC(=O)[C@@]1(C)CC(c2cccs2)=NO1. The highest BCUT2D eigenvalue weighted by Gasteiger charge is 2.42. The summed E-state index contributed by atoms with van der Waals surface area (Å²) >= 11 is 1.56. The molecule has 1 aliphatic heterocycles. The van der Waals surface area contributed by atoms with Crippen molar-refractivity contribution in [3.05, 3.63) is 22.4 Å². The number of carbonyl (C=O) groups is 2. The molecule has 0 bridgehead atoms. The van der Waals surface area contributed by atoms with Crippen LogP contribution in [0, 0.1) is 0 Å². The van der Waals surface area contributed by atoms with Gasteiger partial charge in [0, 0.05) is 25.4 Å². The maximum atomic E-state index is 12.2. The Morgan fingerprint density at radius 2 is 2.27 bits per heavy atom. The van der Waals surface area contributed by atoms with Crippen molar-refractivity contribution in [2.45, 2.75) is 45.3 Å². The zero-order valence-electron chi connectivity index (χ0n) is 13.0. The lowest BCUT2D eigenvalue weighted by Crippen LogP contribution is -2.45. The highest BCUT2D eigenvalue weighted by Crippen LogP contribution is 2.28. The number of oxime groups is 1. The van der Waals surface area contributed by atoms with Crippen LogP contribution in [0.5, 0.6) is 0 Å². The first kappa shape index (κ1) is 16.5. The standard InChI is InChI=1S/C15H21N3O3S/c1-10(2)17-13(19)6-7-16-14(20)15(3)9-11(18-21-15)12-5-4-8-22-12/h4-5,8,10H,6-7,9H2,1-3H3,(H,16,20)(H,17,19)/t15-/m1/s1. The topological polar surface area (TPSA) is 79.8 Å². The van der Waals surface area contributed by atoms with E-state index in [0.717, 1.165) is 10.6 Å². The van der Waals surface area contributed by atoms with Gasteiger partial charge in [0.05, 0.1) is 4.88 Å². The second-order valence-electron chi connectivity index (χ2n) is 5.74. The molecule has 2 rings (SSSR count). The van der Waals surface area contributed by atoms with Gasteiger partial charge in [-0.05, 0) is 32.2 Å². The molecule has 1 aliphatic rings. The molecule has 0 saturated heterocycles. The molecular weight excluding hydrogens is 302 g/mol. The summed E-state index contributed by atoms with van der Waals surface area (Å²) < 4.78 is 0. The van der Waals surface area contributed by atoms with Crippen molar-refractivity contribution in [1.29, 1.82) is 0 Å². The predicted octanol–water partition coefficient (Wildman–Crippen LogP) is 1.66. The lowest BCUT2D eigenvalue weighted by atomic mass is 9.98. The number of amides is 2. The van der Waals surface area contributed by atoms with E-state index in [9.17, 15) is 9.59 Å². The zero-order valence-corrected chi connectivity index (χ0v) is 13.8. The van der Waals surface area contributed by atoms with Gasteiger partial charge in [-0.15, -0.1) is 11.3 Å². The summed E-state index contributed by atoms with van der Waals surface area (Å²) in [6.45, 7) is 5.78. The van der Waals surface area contributed by atoms with E-state index < -0.39 is 5.60 Å². The molecule has 2 amide bonds. The van der Waals surface area contributed by atoms with E-state index in [0.29, 0.717) is 6.42 Å². The fourth-order valence-corrected chi connectivity index (χ4v) is 2.81. The molecule has 2 heterocycles. The van der Waals surface area contributed by atoms with Crippen molar-refractivity contribution in [2.75, 3.05) is 6.54 Å². The minimum atomic E-state index is -1.01. The van der Waals surface area contributed by atoms with Crippen molar-refractivity contribution in [1.82, 2.24) is 10.6 Å². The van der Waals surface area contributed by atoms with Gasteiger partial charge in [-0.25, -0.2) is 0 Å². The first-order valence-corrected chi connectivity index (χ1v) is 8.15. The lowest BCUT2D eigenvalue weighted by molar-refractivity contribution is -0.141. The van der Waals surface area contributed by atoms with Gasteiger partial charge >= 0.3 is 0 Å². The van der Waals surface area contributed by atoms with Crippen molar-refractivity contribution >= 4 is 28.9 Å². The van der Waals surface area contributed by atoms with Crippen LogP contribution in [0.1, 0.15) is 38.5 Å². The van der Waals surface area contributed by atoms with Crippen molar-refractivity contribution in [3.8, 4) is 0 Å². The molecule has 22 heavy (non-hydrogen) atoms. The Balaban J connectivity index is 1.80. The quantitative estimate of drug-likeness (QED) is 0.835. The van der Waals surface area contributed by atoms with E-state index in [4.69, 9.17) is 4.84 Å². The van der Waals surface area contributed by atoms with Crippen LogP contribution in [0.4, 0.5) is 0 Å². The maximum absolute atomic E-state index is 12.2. The number of hydrogen-bond donors (Lipinski definition) is 2. The van der Waals surface area contributed by atoms with Gasteiger partial charge in [-0.1, -0.05) is 11.2 Å². The third-order valence-corrected chi connectivity index (χ3v) is 4.15. The molecule has 0 fully saturated rings. The van der Waals surface area contributed by atoms with Crippen molar-refractivity contribution in [3.63, 3.8) is 0 Å². The maximum Gasteiger partial charge on any atom is 0.267 e. The Morgan fingerprint density at radius 3 is 2.91 bits per heavy atom. The third kappa shape index (κ3) is 4.07. The van der Waals surface area contributed by atoms with Gasteiger partial charge in [0.25, 0.3) is 5.91 Å². The molecule has 1 aromatic heterocycles. The highest BCUT2D eigenvalue weighted by atomic mass is 32.1. The number of hydrogen-bond acceptors (Lipinski definition) is 5. The third-order valence-electron chi connectivity index (χ3n) is 3.24. The van der Waals surface area contributed by atoms with Crippen molar-refractivity contribution in [2.24, 2.45) is 5.16 Å². The summed E-state index contributed by atoms with van der Waals surface area (Å²) in [5.74, 6) is -0.330. The summed E-state index contributed by atoms with van der Waals surface area (Å²) in [7, 11) is 0. The van der Waals surface area contributed by atoms with E-state index in [-0.39, 0.29) is 30.8 Å². The molecule has 2 N–H and O–H groups in total. The van der Waals surface area contributed by atoms with Gasteiger partial charge in [0.2, 0.25) is 11.5 Å². The molecule has 6 nitrogen and oxygen atoms in total. The fourth-order valence-electron chi connectivity index (χ4n) is 2.11. The molecule has 1 aromatic rings. The molecule has 7 heteroatoms. The van der Waals surface area contributed by atoms with E-state index in [1.165, 1.54) is 0 Å². The minimum absolute atomic E-state index is 0.0803. The molecule has 0 aliphatic carbocycles. The number of carbonyl (C=O) groups excluding carboxylic acids is 2. The Labute approximate surface area is 133 Å². The average molecular weight is 323 g/mol. The molecule has 0 aromatic carbocycles. The summed E-state index contributed by atoms with van der Waals surface area (Å²) in [5.41, 5.74) is -0.224. The molecule has 0 spiro atoms. The molecular formula is C15H21N3O3S. The van der Waals surface area contributed by atoms with Gasteiger partial charge in [-0.2, -0.15) is 0 Å². The van der Waals surface area contributed by atoms with E-state index in [1.807, 2.05) is 31.4 Å². The number of thiophene rings is 1. The summed E-state index contributed by atoms with van der Waals surface area (Å²) in [4.78, 5) is 30.1. The van der Waals surface area contributed by atoms with Gasteiger partial charge in [0.1, 0.15) is 5.71 Å². The van der Waals surface area contributed by atoms with Crippen LogP contribution < -0.4 is 10.6 Å². The van der Waals surface area contributed by atoms with Gasteiger partial charge in [0.15, 0.2) is 0 Å². The normalized spacial score (nSPS) is 20.5. The molecule has 0 unspecified atom stereocenters. The summed E-state index contributed by atoms with van der Waals surface area (Å²) in [6, 6.07) is 3.99. The van der Waals surface area contributed by atoms with Crippen LogP contribution in [0.3, 0.4) is 0 Å². The average Bonchev–Trinajstić information content (AvgIpc) is 3.07. The Kier molecular flexibility index (Phi) is 5.18. The molecule has 1 atom stereocenters. The molecule has 120 valence electrons. The molecule has 0 saturated carbocycles. The molecule has 0 radical (unpaired) electrons. The second kappa shape index (κ2) is 6.91. The van der Waals surface area contributed by atoms with Crippen molar-refractivity contribution < 1.29 is 14.4 Å². The van der Waals surface area contributed by atoms with E-state index in [2.05, 4.69) is 15.8 Å². The van der Waals surface area contributed by atoms with Crippen LogP contribution in [0.15, 0.2) is 22.7 Å². The summed E-state index contributed by atoms with van der Waals surface area (Å²) in [6.07, 6.45) is 0.677. The monoisotopic (exact) mass is 323 g/mol. The van der Waals surface area contributed by atoms with Gasteiger partial charge < -0.3 is 15.5 Å². The smallest absolute Gasteiger partial charge is 0.267 e. The zero-order chi connectivity index (χ0) is 16.2. The van der Waals surface area contributed by atoms with Crippen LogP contribution in [-0.2, 0) is 14.4 Å². The van der Waals surface area contributed by atoms with Crippen LogP contribution in [-0.4, -0.2) is 35.7 Å². The Hall–Kier alpha value is -1.89. The van der Waals surface area contributed by atoms with E-state index in [1.54, 1.807) is 18.3 Å². The second-order valence-corrected chi connectivity index (χ2v) is 6.69. The first-order chi connectivity index (χ1) is 10.4. The Bertz CT molecular complexity index is 569.